The van der Waals surface area contributed by atoms with Crippen LogP contribution in [0.3, 0.4) is 0 Å². The van der Waals surface area contributed by atoms with Gasteiger partial charge in [0, 0.05) is 11.6 Å². The van der Waals surface area contributed by atoms with Gasteiger partial charge in [-0.05, 0) is 17.9 Å². The zero-order valence-electron chi connectivity index (χ0n) is 17.2. The van der Waals surface area contributed by atoms with Crippen LogP contribution >= 0.6 is 0 Å². The Hall–Kier alpha value is -2.82. The zero-order valence-corrected chi connectivity index (χ0v) is 17.2. The predicted molar refractivity (Wildman–Crippen MR) is 92.6 cm³/mol. The summed E-state index contributed by atoms with van der Waals surface area (Å²) in [6.45, 7) is 2.37. The molecule has 1 unspecified atom stereocenters. The summed E-state index contributed by atoms with van der Waals surface area (Å²) in [6.07, 6.45) is -7.15. The molecule has 0 aliphatic rings. The Balaban J connectivity index is 3.81. The van der Waals surface area contributed by atoms with Gasteiger partial charge in [0.05, 0.1) is 22.3 Å². The molecular formula is C17H13F12N2O4. The summed E-state index contributed by atoms with van der Waals surface area (Å²) >= 11 is 0. The van der Waals surface area contributed by atoms with Gasteiger partial charge in [-0.1, -0.05) is 13.8 Å². The van der Waals surface area contributed by atoms with Crippen molar-refractivity contribution in [2.45, 2.75) is 62.2 Å². The molecule has 1 rings (SSSR count). The molecule has 18 heteroatoms. The average molecular weight is 537 g/mol. The van der Waals surface area contributed by atoms with E-state index < -0.39 is 80.7 Å². The van der Waals surface area contributed by atoms with Crippen molar-refractivity contribution in [2.24, 2.45) is 0 Å². The minimum absolute atomic E-state index is 0.0242. The largest absolute Gasteiger partial charge is 0.384 e. The first-order valence-corrected chi connectivity index (χ1v) is 9.01. The maximum atomic E-state index is 14.3. The summed E-state index contributed by atoms with van der Waals surface area (Å²) < 4.78 is 161. The molecule has 0 aliphatic heterocycles. The molecule has 0 bridgehead atoms. The van der Waals surface area contributed by atoms with Gasteiger partial charge in [-0.3, -0.25) is 20.2 Å². The van der Waals surface area contributed by atoms with Gasteiger partial charge in [-0.25, -0.2) is 8.78 Å². The predicted octanol–water partition coefficient (Wildman–Crippen LogP) is 7.01. The molecule has 6 nitrogen and oxygen atoms in total. The van der Waals surface area contributed by atoms with Gasteiger partial charge in [0.2, 0.25) is 0 Å². The quantitative estimate of drug-likeness (QED) is 0.173. The van der Waals surface area contributed by atoms with Gasteiger partial charge in [-0.15, -0.1) is 0 Å². The first-order valence-electron chi connectivity index (χ1n) is 9.01. The number of nitro benzene ring substituents is 2. The summed E-state index contributed by atoms with van der Waals surface area (Å²) in [4.78, 5) is 19.3. The van der Waals surface area contributed by atoms with Crippen LogP contribution in [0.15, 0.2) is 12.1 Å². The number of rotatable bonds is 11. The summed E-state index contributed by atoms with van der Waals surface area (Å²) in [5.41, 5.74) is -5.32. The lowest BCUT2D eigenvalue weighted by atomic mass is 9.85. The Morgan fingerprint density at radius 3 is 1.71 bits per heavy atom. The highest BCUT2D eigenvalue weighted by atomic mass is 19.4. The summed E-state index contributed by atoms with van der Waals surface area (Å²) in [7, 11) is 0. The van der Waals surface area contributed by atoms with Crippen molar-refractivity contribution in [3.63, 3.8) is 0 Å². The minimum atomic E-state index is -7.83. The van der Waals surface area contributed by atoms with Gasteiger partial charge in [0.15, 0.2) is 0 Å². The third-order valence-corrected chi connectivity index (χ3v) is 4.95. The number of halogens is 12. The van der Waals surface area contributed by atoms with Crippen molar-refractivity contribution in [3.05, 3.63) is 49.9 Å². The number of non-ortho nitro benzene ring substituents is 1. The molecule has 0 N–H and O–H groups in total. The average Bonchev–Trinajstić information content (AvgIpc) is 2.71. The Bertz CT molecular complexity index is 984. The van der Waals surface area contributed by atoms with Gasteiger partial charge in [0.1, 0.15) is 0 Å². The number of alkyl halides is 12. The van der Waals surface area contributed by atoms with Crippen LogP contribution in [-0.2, 0) is 0 Å². The maximum Gasteiger partial charge on any atom is 0.384 e. The lowest BCUT2D eigenvalue weighted by Crippen LogP contribution is -2.68. The van der Waals surface area contributed by atoms with Crippen LogP contribution in [-0.4, -0.2) is 45.9 Å². The molecule has 0 fully saturated rings. The molecule has 1 atom stereocenters. The van der Waals surface area contributed by atoms with Crippen molar-refractivity contribution in [2.75, 3.05) is 0 Å². The third-order valence-electron chi connectivity index (χ3n) is 4.95. The Labute approximate surface area is 187 Å². The van der Waals surface area contributed by atoms with Crippen molar-refractivity contribution in [1.82, 2.24) is 0 Å². The van der Waals surface area contributed by atoms with Crippen molar-refractivity contribution >= 4 is 11.4 Å². The SMILES string of the molecule is CCC(C)c1cc([N+](=O)[O-])cc([N+](=O)[O-])c1[CH]C(F)(F)C(F)(F)C(F)(F)C(F)(F)C(F)(F)C(F)F. The second-order valence-electron chi connectivity index (χ2n) is 7.21. The van der Waals surface area contributed by atoms with E-state index in [0.717, 1.165) is 6.92 Å². The fourth-order valence-electron chi connectivity index (χ4n) is 2.71. The molecule has 1 radical (unpaired) electrons. The maximum absolute atomic E-state index is 14.3. The standard InChI is InChI=1S/C17H13F12N2O4/c1-3-7(2)9-4-8(30(32)33)5-11(31(34)35)10(9)6-13(20,21)15(24,25)17(28,29)16(26,27)14(22,23)12(18)19/h4-7,12H,3H2,1-2H3. The summed E-state index contributed by atoms with van der Waals surface area (Å²) in [5, 5.41) is 22.2. The molecule has 0 saturated heterocycles. The number of hydrogen-bond acceptors (Lipinski definition) is 4. The molecule has 0 heterocycles. The highest BCUT2D eigenvalue weighted by Crippen LogP contribution is 2.59. The van der Waals surface area contributed by atoms with Gasteiger partial charge < -0.3 is 0 Å². The second-order valence-corrected chi connectivity index (χ2v) is 7.21. The van der Waals surface area contributed by atoms with Gasteiger partial charge >= 0.3 is 36.0 Å². The topological polar surface area (TPSA) is 86.3 Å². The molecule has 0 aromatic heterocycles. The van der Waals surface area contributed by atoms with E-state index in [1.165, 1.54) is 6.92 Å². The fraction of sp³-hybridized carbons (Fsp3) is 0.588. The van der Waals surface area contributed by atoms with E-state index in [4.69, 9.17) is 0 Å². The Kier molecular flexibility index (Phi) is 8.05. The van der Waals surface area contributed by atoms with E-state index in [2.05, 4.69) is 0 Å². The molecule has 0 saturated carbocycles. The fourth-order valence-corrected chi connectivity index (χ4v) is 2.71. The molecule has 1 aromatic rings. The molecule has 199 valence electrons. The smallest absolute Gasteiger partial charge is 0.258 e. The van der Waals surface area contributed by atoms with Crippen LogP contribution in [0.5, 0.6) is 0 Å². The second kappa shape index (κ2) is 9.33. The Morgan fingerprint density at radius 2 is 1.34 bits per heavy atom. The lowest BCUT2D eigenvalue weighted by molar-refractivity contribution is -0.408. The van der Waals surface area contributed by atoms with Crippen LogP contribution in [0.1, 0.15) is 37.3 Å². The highest BCUT2D eigenvalue weighted by Gasteiger charge is 2.87. The molecule has 0 aliphatic carbocycles. The molecule has 0 amide bonds. The van der Waals surface area contributed by atoms with E-state index in [1.807, 2.05) is 0 Å². The number of nitrogens with zero attached hydrogens (tertiary/aromatic N) is 2. The molecule has 1 aromatic carbocycles. The molecule has 35 heavy (non-hydrogen) atoms. The van der Waals surface area contributed by atoms with E-state index in [9.17, 15) is 72.9 Å². The summed E-state index contributed by atoms with van der Waals surface area (Å²) in [6, 6.07) is 0.364. The van der Waals surface area contributed by atoms with E-state index in [1.54, 1.807) is 0 Å². The van der Waals surface area contributed by atoms with E-state index in [-0.39, 0.29) is 12.5 Å². The third kappa shape index (κ3) is 4.82. The lowest BCUT2D eigenvalue weighted by Gasteiger charge is -2.39. The van der Waals surface area contributed by atoms with Crippen LogP contribution < -0.4 is 0 Å². The van der Waals surface area contributed by atoms with E-state index in [0.29, 0.717) is 6.07 Å². The zero-order chi connectivity index (χ0) is 27.9. The van der Waals surface area contributed by atoms with Crippen molar-refractivity contribution < 1.29 is 62.5 Å². The summed E-state index contributed by atoms with van der Waals surface area (Å²) in [5.74, 6) is -38.1. The van der Waals surface area contributed by atoms with Crippen molar-refractivity contribution in [1.29, 1.82) is 0 Å². The monoisotopic (exact) mass is 537 g/mol. The van der Waals surface area contributed by atoms with Crippen LogP contribution in [0.25, 0.3) is 0 Å². The van der Waals surface area contributed by atoms with Gasteiger partial charge in [-0.2, -0.15) is 43.9 Å². The molecular weight excluding hydrogens is 524 g/mol. The van der Waals surface area contributed by atoms with Crippen LogP contribution in [0, 0.1) is 26.6 Å². The van der Waals surface area contributed by atoms with Crippen LogP contribution in [0.4, 0.5) is 64.1 Å². The normalized spacial score (nSPS) is 14.8. The molecule has 0 spiro atoms. The van der Waals surface area contributed by atoms with E-state index >= 15 is 0 Å². The first-order chi connectivity index (χ1) is 15.5. The highest BCUT2D eigenvalue weighted by molar-refractivity contribution is 5.59. The van der Waals surface area contributed by atoms with Crippen molar-refractivity contribution in [3.8, 4) is 0 Å². The first kappa shape index (κ1) is 30.2. The minimum Gasteiger partial charge on any atom is -0.258 e. The number of nitro groups is 2. The van der Waals surface area contributed by atoms with Crippen LogP contribution in [0.2, 0.25) is 0 Å². The number of benzene rings is 1. The number of hydrogen-bond donors (Lipinski definition) is 0. The van der Waals surface area contributed by atoms with Gasteiger partial charge in [0.25, 0.3) is 11.4 Å². The Morgan fingerprint density at radius 1 is 0.857 bits per heavy atom.